The highest BCUT2D eigenvalue weighted by Gasteiger charge is 2.55. The second-order valence-electron chi connectivity index (χ2n) is 14.5. The molecule has 0 aliphatic carbocycles. The van der Waals surface area contributed by atoms with Crippen LogP contribution in [-0.4, -0.2) is 76.9 Å². The molecule has 0 spiro atoms. The van der Waals surface area contributed by atoms with Gasteiger partial charge in [0.2, 0.25) is 5.95 Å². The lowest BCUT2D eigenvalue weighted by atomic mass is 9.73. The Labute approximate surface area is 256 Å². The fourth-order valence-electron chi connectivity index (χ4n) is 6.99. The van der Waals surface area contributed by atoms with Crippen LogP contribution in [0.1, 0.15) is 59.2 Å². The van der Waals surface area contributed by atoms with Crippen molar-refractivity contribution >= 4 is 29.0 Å². The Morgan fingerprint density at radius 2 is 1.81 bits per heavy atom. The summed E-state index contributed by atoms with van der Waals surface area (Å²) in [6.45, 7) is 16.3. The zero-order valence-corrected chi connectivity index (χ0v) is 26.9. The molecule has 4 atom stereocenters. The van der Waals surface area contributed by atoms with E-state index in [-0.39, 0.29) is 17.1 Å². The average molecular weight is 586 g/mol. The monoisotopic (exact) mass is 585 g/mol. The number of hydrogen-bond donors (Lipinski definition) is 2. The number of rotatable bonds is 7. The van der Waals surface area contributed by atoms with Gasteiger partial charge < -0.3 is 29.9 Å². The number of ether oxygens (including phenoxy) is 1. The van der Waals surface area contributed by atoms with Gasteiger partial charge in [-0.15, -0.1) is 0 Å². The largest absolute Gasteiger partial charge is 0.384 e. The van der Waals surface area contributed by atoms with E-state index in [2.05, 4.69) is 86.1 Å². The van der Waals surface area contributed by atoms with E-state index in [4.69, 9.17) is 19.7 Å². The van der Waals surface area contributed by atoms with Crippen molar-refractivity contribution in [1.29, 1.82) is 0 Å². The molecule has 2 fully saturated rings. The smallest absolute Gasteiger partial charge is 0.229 e. The summed E-state index contributed by atoms with van der Waals surface area (Å²) >= 11 is 0. The molecule has 2 saturated heterocycles. The standard InChI is InChI=1S/C34H47N7O2/c1-22-18-40(20-23(22)19-39(7)8)25-14-12-24(13-15-25)36-31-35-17-26-30(38-31)41(28-16-32(2,3)43-21-34(26,28)6)29-11-9-10-27(37-29)33(4,5)42/h9-15,17,22-23,28,42H,16,18-21H2,1-8H3,(H,35,36,38)/t22-,23+,28+,34+/m1/s1. The van der Waals surface area contributed by atoms with Crippen LogP contribution in [0.15, 0.2) is 48.7 Å². The number of aromatic nitrogens is 3. The maximum atomic E-state index is 10.7. The number of anilines is 5. The van der Waals surface area contributed by atoms with Gasteiger partial charge in [-0.3, -0.25) is 0 Å². The lowest BCUT2D eigenvalue weighted by molar-refractivity contribution is -0.0893. The first kappa shape index (κ1) is 29.8. The average Bonchev–Trinajstić information content (AvgIpc) is 3.41. The SMILES string of the molecule is C[C@@H]1CN(c2ccc(Nc3ncc4c(n3)N(c3cccc(C(C)(C)O)n3)[C@H]3CC(C)(C)OC[C@@]43C)cc2)C[C@@H]1CN(C)C. The second kappa shape index (κ2) is 10.7. The Balaban J connectivity index is 1.29. The lowest BCUT2D eigenvalue weighted by Crippen LogP contribution is -2.54. The molecule has 9 nitrogen and oxygen atoms in total. The maximum Gasteiger partial charge on any atom is 0.229 e. The van der Waals surface area contributed by atoms with Crippen LogP contribution in [0.3, 0.4) is 0 Å². The lowest BCUT2D eigenvalue weighted by Gasteiger charge is -2.46. The molecule has 2 aromatic heterocycles. The van der Waals surface area contributed by atoms with Gasteiger partial charge in [0.05, 0.1) is 23.9 Å². The molecular weight excluding hydrogens is 538 g/mol. The van der Waals surface area contributed by atoms with Crippen LogP contribution in [0.25, 0.3) is 0 Å². The molecule has 6 rings (SSSR count). The normalized spacial score (nSPS) is 26.5. The summed E-state index contributed by atoms with van der Waals surface area (Å²) in [7, 11) is 4.31. The Morgan fingerprint density at radius 1 is 1.07 bits per heavy atom. The summed E-state index contributed by atoms with van der Waals surface area (Å²) in [6.07, 6.45) is 2.76. The van der Waals surface area contributed by atoms with Crippen molar-refractivity contribution in [2.45, 2.75) is 70.6 Å². The molecule has 1 aromatic carbocycles. The van der Waals surface area contributed by atoms with E-state index in [1.807, 2.05) is 24.4 Å². The van der Waals surface area contributed by atoms with Gasteiger partial charge in [-0.25, -0.2) is 9.97 Å². The topological polar surface area (TPSA) is 89.9 Å². The van der Waals surface area contributed by atoms with E-state index < -0.39 is 5.60 Å². The summed E-state index contributed by atoms with van der Waals surface area (Å²) in [5.74, 6) is 3.49. The third-order valence-electron chi connectivity index (χ3n) is 9.57. The highest BCUT2D eigenvalue weighted by Crippen LogP contribution is 2.53. The van der Waals surface area contributed by atoms with E-state index in [0.717, 1.165) is 48.9 Å². The quantitative estimate of drug-likeness (QED) is 0.376. The number of aliphatic hydroxyl groups is 1. The number of nitrogens with zero attached hydrogens (tertiary/aromatic N) is 6. The first-order valence-corrected chi connectivity index (χ1v) is 15.5. The van der Waals surface area contributed by atoms with Crippen LogP contribution < -0.4 is 15.1 Å². The van der Waals surface area contributed by atoms with Gasteiger partial charge in [0.1, 0.15) is 17.2 Å². The van der Waals surface area contributed by atoms with Gasteiger partial charge >= 0.3 is 0 Å². The number of pyridine rings is 1. The molecule has 0 radical (unpaired) electrons. The third-order valence-corrected chi connectivity index (χ3v) is 9.57. The minimum Gasteiger partial charge on any atom is -0.384 e. The number of nitrogens with one attached hydrogen (secondary N) is 1. The third kappa shape index (κ3) is 5.70. The van der Waals surface area contributed by atoms with Crippen LogP contribution in [0.5, 0.6) is 0 Å². The molecule has 3 aliphatic rings. The van der Waals surface area contributed by atoms with E-state index in [0.29, 0.717) is 30.1 Å². The molecule has 0 bridgehead atoms. The van der Waals surface area contributed by atoms with Crippen molar-refractivity contribution in [3.8, 4) is 0 Å². The molecule has 230 valence electrons. The molecule has 5 heterocycles. The van der Waals surface area contributed by atoms with Crippen molar-refractivity contribution in [3.05, 3.63) is 59.9 Å². The second-order valence-corrected chi connectivity index (χ2v) is 14.5. The molecule has 3 aliphatic heterocycles. The highest BCUT2D eigenvalue weighted by molar-refractivity contribution is 5.71. The fraction of sp³-hybridized carbons (Fsp3) is 0.559. The predicted molar refractivity (Wildman–Crippen MR) is 173 cm³/mol. The highest BCUT2D eigenvalue weighted by atomic mass is 16.5. The van der Waals surface area contributed by atoms with Crippen molar-refractivity contribution < 1.29 is 9.84 Å². The summed E-state index contributed by atoms with van der Waals surface area (Å²) in [5.41, 5.74) is 2.24. The Hall–Kier alpha value is -3.27. The van der Waals surface area contributed by atoms with E-state index in [9.17, 15) is 5.11 Å². The molecule has 43 heavy (non-hydrogen) atoms. The van der Waals surface area contributed by atoms with Crippen LogP contribution in [0, 0.1) is 11.8 Å². The summed E-state index contributed by atoms with van der Waals surface area (Å²) < 4.78 is 6.35. The number of fused-ring (bicyclic) bond motifs is 3. The molecular formula is C34H47N7O2. The predicted octanol–water partition coefficient (Wildman–Crippen LogP) is 5.45. The van der Waals surface area contributed by atoms with E-state index >= 15 is 0 Å². The molecule has 0 saturated carbocycles. The first-order valence-electron chi connectivity index (χ1n) is 15.5. The van der Waals surface area contributed by atoms with Gasteiger partial charge in [-0.2, -0.15) is 4.98 Å². The van der Waals surface area contributed by atoms with Gasteiger partial charge in [-0.05, 0) is 96.4 Å². The molecule has 0 unspecified atom stereocenters. The summed E-state index contributed by atoms with van der Waals surface area (Å²) in [5, 5.41) is 14.2. The van der Waals surface area contributed by atoms with Crippen molar-refractivity contribution in [2.24, 2.45) is 11.8 Å². The molecule has 0 amide bonds. The van der Waals surface area contributed by atoms with Crippen molar-refractivity contribution in [3.63, 3.8) is 0 Å². The van der Waals surface area contributed by atoms with Crippen LogP contribution in [0.4, 0.5) is 29.0 Å². The Morgan fingerprint density at radius 3 is 2.51 bits per heavy atom. The zero-order chi connectivity index (χ0) is 30.7. The van der Waals surface area contributed by atoms with Gasteiger partial charge in [-0.1, -0.05) is 19.9 Å². The maximum absolute atomic E-state index is 10.7. The first-order chi connectivity index (χ1) is 20.2. The zero-order valence-electron chi connectivity index (χ0n) is 26.9. The van der Waals surface area contributed by atoms with E-state index in [1.54, 1.807) is 13.8 Å². The fourth-order valence-corrected chi connectivity index (χ4v) is 6.99. The summed E-state index contributed by atoms with van der Waals surface area (Å²) in [6, 6.07) is 14.5. The van der Waals surface area contributed by atoms with Crippen LogP contribution in [-0.2, 0) is 15.8 Å². The summed E-state index contributed by atoms with van der Waals surface area (Å²) in [4.78, 5) is 21.8. The Bertz CT molecular complexity index is 1470. The van der Waals surface area contributed by atoms with Gasteiger partial charge in [0, 0.05) is 48.2 Å². The minimum absolute atomic E-state index is 0.0822. The number of benzene rings is 1. The number of hydrogen-bond acceptors (Lipinski definition) is 9. The molecule has 3 aromatic rings. The van der Waals surface area contributed by atoms with Crippen LogP contribution >= 0.6 is 0 Å². The van der Waals surface area contributed by atoms with Crippen molar-refractivity contribution in [2.75, 3.05) is 55.5 Å². The Kier molecular flexibility index (Phi) is 7.42. The molecule has 9 heteroatoms. The van der Waals surface area contributed by atoms with Crippen LogP contribution in [0.2, 0.25) is 0 Å². The van der Waals surface area contributed by atoms with Crippen molar-refractivity contribution in [1.82, 2.24) is 19.9 Å². The molecule has 2 N–H and O–H groups in total. The van der Waals surface area contributed by atoms with Gasteiger partial charge in [0.25, 0.3) is 0 Å². The van der Waals surface area contributed by atoms with Gasteiger partial charge in [0.15, 0.2) is 0 Å². The minimum atomic E-state index is -1.05. The van der Waals surface area contributed by atoms with E-state index in [1.165, 1.54) is 5.69 Å².